The molecular weight excluding hydrogens is 258 g/mol. The third-order valence-electron chi connectivity index (χ3n) is 4.49. The van der Waals surface area contributed by atoms with Gasteiger partial charge < -0.3 is 10.2 Å². The van der Waals surface area contributed by atoms with Crippen molar-refractivity contribution in [1.29, 1.82) is 0 Å². The molecule has 2 unspecified atom stereocenters. The lowest BCUT2D eigenvalue weighted by molar-refractivity contribution is 0.517. The van der Waals surface area contributed by atoms with Crippen LogP contribution < -0.4 is 10.2 Å². The molecule has 2 bridgehead atoms. The molecule has 20 heavy (non-hydrogen) atoms. The largest absolute Gasteiger partial charge is 0.364 e. The lowest BCUT2D eigenvalue weighted by atomic mass is 10.1. The molecule has 2 atom stereocenters. The Morgan fingerprint density at radius 1 is 1.25 bits per heavy atom. The van der Waals surface area contributed by atoms with Crippen molar-refractivity contribution in [2.75, 3.05) is 11.4 Å². The Hall–Kier alpha value is -1.16. The van der Waals surface area contributed by atoms with E-state index in [9.17, 15) is 8.78 Å². The first kappa shape index (κ1) is 13.8. The summed E-state index contributed by atoms with van der Waals surface area (Å²) in [6.07, 6.45) is 3.37. The number of nitrogens with one attached hydrogen (secondary N) is 1. The van der Waals surface area contributed by atoms with Gasteiger partial charge in [-0.2, -0.15) is 0 Å². The van der Waals surface area contributed by atoms with Crippen LogP contribution in [0.3, 0.4) is 0 Å². The number of nitrogens with zero attached hydrogens (tertiary/aromatic N) is 1. The first-order valence-electron chi connectivity index (χ1n) is 7.52. The fourth-order valence-corrected chi connectivity index (χ4v) is 3.51. The normalized spacial score (nSPS) is 24.9. The number of anilines is 1. The highest BCUT2D eigenvalue weighted by atomic mass is 19.1. The van der Waals surface area contributed by atoms with Gasteiger partial charge in [0.15, 0.2) is 0 Å². The zero-order chi connectivity index (χ0) is 14.3. The minimum atomic E-state index is -0.418. The summed E-state index contributed by atoms with van der Waals surface area (Å²) in [5.74, 6) is -0.211. The molecule has 1 aliphatic heterocycles. The maximum atomic E-state index is 14.3. The van der Waals surface area contributed by atoms with Crippen LogP contribution in [0.5, 0.6) is 0 Å². The van der Waals surface area contributed by atoms with Gasteiger partial charge in [0.2, 0.25) is 0 Å². The smallest absolute Gasteiger partial charge is 0.149 e. The Morgan fingerprint density at radius 2 is 1.95 bits per heavy atom. The molecule has 1 N–H and O–H groups in total. The molecule has 110 valence electrons. The summed E-state index contributed by atoms with van der Waals surface area (Å²) in [6, 6.07) is 3.58. The van der Waals surface area contributed by atoms with E-state index in [0.717, 1.165) is 19.4 Å². The van der Waals surface area contributed by atoms with Crippen LogP contribution in [0.25, 0.3) is 0 Å². The minimum Gasteiger partial charge on any atom is -0.364 e. The summed E-state index contributed by atoms with van der Waals surface area (Å²) in [5.41, 5.74) is 0.854. The maximum Gasteiger partial charge on any atom is 0.149 e. The summed E-state index contributed by atoms with van der Waals surface area (Å²) in [4.78, 5) is 1.94. The van der Waals surface area contributed by atoms with Crippen molar-refractivity contribution in [2.45, 2.75) is 51.7 Å². The second-order valence-corrected chi connectivity index (χ2v) is 6.43. The fraction of sp³-hybridized carbons (Fsp3) is 0.625. The average molecular weight is 280 g/mol. The van der Waals surface area contributed by atoms with Crippen LogP contribution in [0, 0.1) is 17.6 Å². The molecule has 1 heterocycles. The van der Waals surface area contributed by atoms with Gasteiger partial charge >= 0.3 is 0 Å². The number of halogens is 2. The first-order chi connectivity index (χ1) is 9.54. The van der Waals surface area contributed by atoms with E-state index < -0.39 is 11.6 Å². The fourth-order valence-electron chi connectivity index (χ4n) is 3.51. The summed E-state index contributed by atoms with van der Waals surface area (Å²) < 4.78 is 28.6. The third kappa shape index (κ3) is 2.53. The molecular formula is C16H22F2N2. The molecule has 1 aromatic rings. The third-order valence-corrected chi connectivity index (χ3v) is 4.49. The van der Waals surface area contributed by atoms with E-state index in [4.69, 9.17) is 0 Å². The molecule has 3 rings (SSSR count). The highest BCUT2D eigenvalue weighted by molar-refractivity contribution is 5.53. The number of benzene rings is 1. The van der Waals surface area contributed by atoms with Gasteiger partial charge in [-0.05, 0) is 42.9 Å². The Balaban J connectivity index is 1.82. The summed E-state index contributed by atoms with van der Waals surface area (Å²) in [5, 5.41) is 3.19. The molecule has 1 aliphatic carbocycles. The maximum absolute atomic E-state index is 14.3. The monoisotopic (exact) mass is 280 g/mol. The van der Waals surface area contributed by atoms with Crippen LogP contribution in [0.2, 0.25) is 0 Å². The van der Waals surface area contributed by atoms with Crippen molar-refractivity contribution in [1.82, 2.24) is 5.32 Å². The van der Waals surface area contributed by atoms with Gasteiger partial charge in [-0.3, -0.25) is 0 Å². The van der Waals surface area contributed by atoms with Crippen LogP contribution in [0.1, 0.15) is 38.7 Å². The topological polar surface area (TPSA) is 15.3 Å². The molecule has 2 nitrogen and oxygen atoms in total. The number of fused-ring (bicyclic) bond motifs is 2. The Kier molecular flexibility index (Phi) is 3.67. The molecule has 1 aromatic carbocycles. The van der Waals surface area contributed by atoms with E-state index in [1.54, 1.807) is 0 Å². The molecule has 1 saturated heterocycles. The lowest BCUT2D eigenvalue weighted by Crippen LogP contribution is -2.33. The van der Waals surface area contributed by atoms with E-state index in [2.05, 4.69) is 5.32 Å². The van der Waals surface area contributed by atoms with Gasteiger partial charge in [0.05, 0.1) is 0 Å². The highest BCUT2D eigenvalue weighted by Crippen LogP contribution is 2.42. The molecule has 1 saturated carbocycles. The minimum absolute atomic E-state index is 0.186. The summed E-state index contributed by atoms with van der Waals surface area (Å²) >= 11 is 0. The van der Waals surface area contributed by atoms with Crippen molar-refractivity contribution in [3.05, 3.63) is 29.3 Å². The second kappa shape index (κ2) is 5.32. The Labute approximate surface area is 119 Å². The van der Waals surface area contributed by atoms with Crippen LogP contribution >= 0.6 is 0 Å². The molecule has 2 fully saturated rings. The van der Waals surface area contributed by atoms with E-state index in [1.165, 1.54) is 18.6 Å². The van der Waals surface area contributed by atoms with Crippen molar-refractivity contribution < 1.29 is 8.78 Å². The van der Waals surface area contributed by atoms with E-state index >= 15 is 0 Å². The zero-order valence-electron chi connectivity index (χ0n) is 12.1. The average Bonchev–Trinajstić information content (AvgIpc) is 2.98. The van der Waals surface area contributed by atoms with Gasteiger partial charge in [-0.25, -0.2) is 8.78 Å². The predicted octanol–water partition coefficient (Wildman–Crippen LogP) is 3.45. The Morgan fingerprint density at radius 3 is 2.45 bits per heavy atom. The standard InChI is InChI=1S/C16H22F2N2/c1-10(2)19-8-12-6-14(17)16(15(18)7-12)20-9-11-3-4-13(20)5-11/h6-7,10-11,13,19H,3-5,8-9H2,1-2H3. The quantitative estimate of drug-likeness (QED) is 0.908. The van der Waals surface area contributed by atoms with Crippen LogP contribution in [0.4, 0.5) is 14.5 Å². The van der Waals surface area contributed by atoms with Crippen molar-refractivity contribution in [3.8, 4) is 0 Å². The molecule has 4 heteroatoms. The van der Waals surface area contributed by atoms with Crippen molar-refractivity contribution in [2.24, 2.45) is 5.92 Å². The van der Waals surface area contributed by atoms with Crippen molar-refractivity contribution >= 4 is 5.69 Å². The van der Waals surface area contributed by atoms with E-state index in [-0.39, 0.29) is 5.69 Å². The van der Waals surface area contributed by atoms with Crippen LogP contribution in [-0.4, -0.2) is 18.6 Å². The van der Waals surface area contributed by atoms with Crippen molar-refractivity contribution in [3.63, 3.8) is 0 Å². The SMILES string of the molecule is CC(C)NCc1cc(F)c(N2CC3CCC2C3)c(F)c1. The Bertz CT molecular complexity index is 478. The van der Waals surface area contributed by atoms with Gasteiger partial charge in [0, 0.05) is 25.2 Å². The summed E-state index contributed by atoms with van der Waals surface area (Å²) in [6.45, 7) is 5.34. The van der Waals surface area contributed by atoms with Crippen LogP contribution in [-0.2, 0) is 6.54 Å². The predicted molar refractivity (Wildman–Crippen MR) is 76.8 cm³/mol. The molecule has 2 aliphatic rings. The second-order valence-electron chi connectivity index (χ2n) is 6.43. The lowest BCUT2D eigenvalue weighted by Gasteiger charge is -2.30. The van der Waals surface area contributed by atoms with Gasteiger partial charge in [-0.1, -0.05) is 13.8 Å². The molecule has 0 spiro atoms. The zero-order valence-corrected chi connectivity index (χ0v) is 12.1. The highest BCUT2D eigenvalue weighted by Gasteiger charge is 2.39. The molecule has 0 radical (unpaired) electrons. The van der Waals surface area contributed by atoms with Gasteiger partial charge in [-0.15, -0.1) is 0 Å². The van der Waals surface area contributed by atoms with Gasteiger partial charge in [0.25, 0.3) is 0 Å². The number of piperidine rings is 1. The summed E-state index contributed by atoms with van der Waals surface area (Å²) in [7, 11) is 0. The van der Waals surface area contributed by atoms with E-state index in [1.807, 2.05) is 18.7 Å². The molecule has 0 amide bonds. The van der Waals surface area contributed by atoms with Crippen LogP contribution in [0.15, 0.2) is 12.1 Å². The number of rotatable bonds is 4. The first-order valence-corrected chi connectivity index (χ1v) is 7.52. The van der Waals surface area contributed by atoms with Gasteiger partial charge in [0.1, 0.15) is 17.3 Å². The molecule has 0 aromatic heterocycles. The number of hydrogen-bond acceptors (Lipinski definition) is 2. The van der Waals surface area contributed by atoms with E-state index in [0.29, 0.717) is 30.1 Å². The number of hydrogen-bond donors (Lipinski definition) is 1.